The molecule has 0 fully saturated rings. The van der Waals surface area contributed by atoms with E-state index < -0.39 is 12.0 Å². The van der Waals surface area contributed by atoms with Gasteiger partial charge in [0.25, 0.3) is 0 Å². The first kappa shape index (κ1) is 11.7. The number of carboxylic acids is 1. The molecule has 2 N–H and O–H groups in total. The molecule has 88 valence electrons. The van der Waals surface area contributed by atoms with Crippen LogP contribution in [0.3, 0.4) is 0 Å². The van der Waals surface area contributed by atoms with Crippen molar-refractivity contribution in [1.82, 2.24) is 4.98 Å². The highest BCUT2D eigenvalue weighted by Gasteiger charge is 2.12. The van der Waals surface area contributed by atoms with E-state index in [1.165, 1.54) is 0 Å². The number of hydrogen-bond acceptors (Lipinski definition) is 3. The molecule has 5 heteroatoms. The molecule has 0 saturated heterocycles. The van der Waals surface area contributed by atoms with Crippen molar-refractivity contribution in [3.8, 4) is 0 Å². The number of anilines is 1. The van der Waals surface area contributed by atoms with Gasteiger partial charge in [0, 0.05) is 16.6 Å². The second-order valence-corrected chi connectivity index (χ2v) is 4.17. The van der Waals surface area contributed by atoms with Gasteiger partial charge >= 0.3 is 5.97 Å². The summed E-state index contributed by atoms with van der Waals surface area (Å²) >= 11 is 5.89. The number of carbonyl (C=O) groups is 1. The zero-order chi connectivity index (χ0) is 12.4. The van der Waals surface area contributed by atoms with E-state index in [1.54, 1.807) is 19.2 Å². The predicted molar refractivity (Wildman–Crippen MR) is 67.5 cm³/mol. The largest absolute Gasteiger partial charge is 0.480 e. The van der Waals surface area contributed by atoms with E-state index in [-0.39, 0.29) is 0 Å². The zero-order valence-corrected chi connectivity index (χ0v) is 9.90. The van der Waals surface area contributed by atoms with E-state index >= 15 is 0 Å². The zero-order valence-electron chi connectivity index (χ0n) is 9.14. The van der Waals surface area contributed by atoms with Gasteiger partial charge in [-0.05, 0) is 36.6 Å². The highest BCUT2D eigenvalue weighted by Crippen LogP contribution is 2.24. The van der Waals surface area contributed by atoms with Crippen molar-refractivity contribution in [2.24, 2.45) is 0 Å². The summed E-state index contributed by atoms with van der Waals surface area (Å²) in [5, 5.41) is 14.1. The molecule has 1 aromatic carbocycles. The van der Waals surface area contributed by atoms with Gasteiger partial charge in [-0.15, -0.1) is 0 Å². The summed E-state index contributed by atoms with van der Waals surface area (Å²) in [6.07, 6.45) is 1.62. The molecule has 0 saturated carbocycles. The van der Waals surface area contributed by atoms with Gasteiger partial charge in [0.05, 0.1) is 0 Å². The molecule has 1 unspecified atom stereocenters. The predicted octanol–water partition coefficient (Wildman–Crippen LogP) is 2.77. The minimum atomic E-state index is -0.919. The van der Waals surface area contributed by atoms with Crippen molar-refractivity contribution in [3.05, 3.63) is 35.5 Å². The monoisotopic (exact) mass is 250 g/mol. The van der Waals surface area contributed by atoms with Crippen LogP contribution >= 0.6 is 11.6 Å². The first-order valence-corrected chi connectivity index (χ1v) is 5.49. The van der Waals surface area contributed by atoms with Crippen LogP contribution in [0.2, 0.25) is 5.02 Å². The van der Waals surface area contributed by atoms with Crippen LogP contribution in [0.15, 0.2) is 30.5 Å². The van der Waals surface area contributed by atoms with Crippen LogP contribution in [0.25, 0.3) is 10.8 Å². The van der Waals surface area contributed by atoms with Crippen LogP contribution in [0.1, 0.15) is 6.92 Å². The number of aromatic nitrogens is 1. The van der Waals surface area contributed by atoms with Gasteiger partial charge in [-0.1, -0.05) is 11.6 Å². The molecule has 4 nitrogen and oxygen atoms in total. The molecule has 0 spiro atoms. The first-order chi connectivity index (χ1) is 8.08. The summed E-state index contributed by atoms with van der Waals surface area (Å²) in [4.78, 5) is 14.9. The second-order valence-electron chi connectivity index (χ2n) is 3.73. The highest BCUT2D eigenvalue weighted by molar-refractivity contribution is 6.31. The third-order valence-electron chi connectivity index (χ3n) is 2.45. The second kappa shape index (κ2) is 4.59. The van der Waals surface area contributed by atoms with Crippen LogP contribution in [-0.2, 0) is 4.79 Å². The summed E-state index contributed by atoms with van der Waals surface area (Å²) in [5.74, 6) is -0.369. The molecule has 0 aliphatic rings. The van der Waals surface area contributed by atoms with Gasteiger partial charge in [-0.2, -0.15) is 0 Å². The number of benzene rings is 1. The molecular formula is C12H11ClN2O2. The number of hydrogen-bond donors (Lipinski definition) is 2. The third-order valence-corrected chi connectivity index (χ3v) is 2.69. The van der Waals surface area contributed by atoms with Crippen molar-refractivity contribution < 1.29 is 9.90 Å². The van der Waals surface area contributed by atoms with Crippen molar-refractivity contribution in [2.75, 3.05) is 5.32 Å². The Balaban J connectivity index is 2.44. The molecule has 2 rings (SSSR count). The number of nitrogens with one attached hydrogen (secondary N) is 1. The van der Waals surface area contributed by atoms with Crippen molar-refractivity contribution in [2.45, 2.75) is 13.0 Å². The number of fused-ring (bicyclic) bond motifs is 1. The quantitative estimate of drug-likeness (QED) is 0.879. The first-order valence-electron chi connectivity index (χ1n) is 5.11. The van der Waals surface area contributed by atoms with Crippen LogP contribution in [0, 0.1) is 0 Å². The van der Waals surface area contributed by atoms with Crippen molar-refractivity contribution in [1.29, 1.82) is 0 Å². The Kier molecular flexibility index (Phi) is 3.15. The smallest absolute Gasteiger partial charge is 0.325 e. The van der Waals surface area contributed by atoms with E-state index in [4.69, 9.17) is 16.7 Å². The van der Waals surface area contributed by atoms with Crippen LogP contribution in [0.4, 0.5) is 5.82 Å². The minimum Gasteiger partial charge on any atom is -0.480 e. The lowest BCUT2D eigenvalue weighted by molar-refractivity contribution is -0.137. The highest BCUT2D eigenvalue weighted by atomic mass is 35.5. The third kappa shape index (κ3) is 2.47. The molecule has 0 aliphatic heterocycles. The molecule has 0 radical (unpaired) electrons. The number of aliphatic carboxylic acids is 1. The van der Waals surface area contributed by atoms with Gasteiger partial charge < -0.3 is 10.4 Å². The van der Waals surface area contributed by atoms with Crippen LogP contribution < -0.4 is 5.32 Å². The Hall–Kier alpha value is -1.81. The van der Waals surface area contributed by atoms with Crippen molar-refractivity contribution in [3.63, 3.8) is 0 Å². The minimum absolute atomic E-state index is 0.550. The Bertz CT molecular complexity index is 571. The van der Waals surface area contributed by atoms with Crippen LogP contribution in [0.5, 0.6) is 0 Å². The topological polar surface area (TPSA) is 62.2 Å². The average Bonchev–Trinajstić information content (AvgIpc) is 2.28. The lowest BCUT2D eigenvalue weighted by atomic mass is 10.1. The van der Waals surface area contributed by atoms with Gasteiger partial charge in [-0.3, -0.25) is 4.79 Å². The van der Waals surface area contributed by atoms with Gasteiger partial charge in [0.15, 0.2) is 0 Å². The summed E-state index contributed by atoms with van der Waals surface area (Å²) in [5.41, 5.74) is 0. The van der Waals surface area contributed by atoms with E-state index in [2.05, 4.69) is 10.3 Å². The number of pyridine rings is 1. The molecule has 1 atom stereocenters. The van der Waals surface area contributed by atoms with Crippen molar-refractivity contribution >= 4 is 34.2 Å². The molecule has 1 heterocycles. The Morgan fingerprint density at radius 1 is 1.47 bits per heavy atom. The maximum absolute atomic E-state index is 10.8. The fraction of sp³-hybridized carbons (Fsp3) is 0.167. The number of nitrogens with zero attached hydrogens (tertiary/aromatic N) is 1. The van der Waals surface area contributed by atoms with E-state index in [0.717, 1.165) is 10.8 Å². The van der Waals surface area contributed by atoms with Gasteiger partial charge in [0.2, 0.25) is 0 Å². The summed E-state index contributed by atoms with van der Waals surface area (Å²) < 4.78 is 0. The van der Waals surface area contributed by atoms with E-state index in [9.17, 15) is 4.79 Å². The molecular weight excluding hydrogens is 240 g/mol. The fourth-order valence-corrected chi connectivity index (χ4v) is 1.71. The van der Waals surface area contributed by atoms with Crippen LogP contribution in [-0.4, -0.2) is 22.1 Å². The Morgan fingerprint density at radius 2 is 2.24 bits per heavy atom. The Labute approximate surface area is 103 Å². The lowest BCUT2D eigenvalue weighted by Crippen LogP contribution is -2.25. The maximum Gasteiger partial charge on any atom is 0.325 e. The number of rotatable bonds is 3. The molecule has 0 aliphatic carbocycles. The summed E-state index contributed by atoms with van der Waals surface area (Å²) in [6.45, 7) is 1.57. The van der Waals surface area contributed by atoms with Gasteiger partial charge in [0.1, 0.15) is 11.9 Å². The van der Waals surface area contributed by atoms with E-state index in [0.29, 0.717) is 10.8 Å². The van der Waals surface area contributed by atoms with Gasteiger partial charge in [-0.25, -0.2) is 4.98 Å². The SMILES string of the molecule is CC(Nc1nccc2cc(Cl)ccc12)C(=O)O. The molecule has 17 heavy (non-hydrogen) atoms. The fourth-order valence-electron chi connectivity index (χ4n) is 1.53. The lowest BCUT2D eigenvalue weighted by Gasteiger charge is -2.12. The number of carboxylic acid groups (broad SMARTS) is 1. The normalized spacial score (nSPS) is 12.4. The molecule has 2 aromatic rings. The summed E-state index contributed by atoms with van der Waals surface area (Å²) in [7, 11) is 0. The molecule has 1 aromatic heterocycles. The summed E-state index contributed by atoms with van der Waals surface area (Å²) in [6, 6.07) is 6.53. The Morgan fingerprint density at radius 3 is 2.94 bits per heavy atom. The number of halogens is 1. The average molecular weight is 251 g/mol. The molecule has 0 bridgehead atoms. The standard InChI is InChI=1S/C12H11ClN2O2/c1-7(12(16)17)15-11-10-3-2-9(13)6-8(10)4-5-14-11/h2-7H,1H3,(H,14,15)(H,16,17). The van der Waals surface area contributed by atoms with E-state index in [1.807, 2.05) is 18.2 Å². The molecule has 0 amide bonds. The maximum atomic E-state index is 10.8.